The SMILES string of the molecule is CCC.CCC1CNCC1C(C)(C)C. The Morgan fingerprint density at radius 3 is 1.86 bits per heavy atom. The van der Waals surface area contributed by atoms with Crippen LogP contribution in [0.15, 0.2) is 0 Å². The van der Waals surface area contributed by atoms with Crippen LogP contribution < -0.4 is 5.32 Å². The van der Waals surface area contributed by atoms with Crippen LogP contribution in [0.2, 0.25) is 0 Å². The van der Waals surface area contributed by atoms with Crippen LogP contribution in [0.4, 0.5) is 0 Å². The lowest BCUT2D eigenvalue weighted by Gasteiger charge is -2.30. The summed E-state index contributed by atoms with van der Waals surface area (Å²) in [5.74, 6) is 1.79. The van der Waals surface area contributed by atoms with Gasteiger partial charge in [0.1, 0.15) is 0 Å². The Morgan fingerprint density at radius 2 is 1.57 bits per heavy atom. The van der Waals surface area contributed by atoms with E-state index in [0.29, 0.717) is 5.41 Å². The molecule has 14 heavy (non-hydrogen) atoms. The molecule has 1 rings (SSSR count). The molecule has 1 fully saturated rings. The Morgan fingerprint density at radius 1 is 1.07 bits per heavy atom. The second-order valence-electron chi connectivity index (χ2n) is 5.51. The van der Waals surface area contributed by atoms with Crippen LogP contribution in [-0.2, 0) is 0 Å². The van der Waals surface area contributed by atoms with Gasteiger partial charge in [-0.25, -0.2) is 0 Å². The Kier molecular flexibility index (Phi) is 6.43. The highest BCUT2D eigenvalue weighted by Gasteiger charge is 2.34. The van der Waals surface area contributed by atoms with E-state index in [-0.39, 0.29) is 0 Å². The van der Waals surface area contributed by atoms with Gasteiger partial charge in [-0.3, -0.25) is 0 Å². The van der Waals surface area contributed by atoms with Gasteiger partial charge >= 0.3 is 0 Å². The minimum atomic E-state index is 0.490. The Bertz CT molecular complexity index is 135. The largest absolute Gasteiger partial charge is 0.316 e. The van der Waals surface area contributed by atoms with Crippen LogP contribution in [0.3, 0.4) is 0 Å². The maximum Gasteiger partial charge on any atom is -0.00123 e. The van der Waals surface area contributed by atoms with Crippen molar-refractivity contribution in [1.82, 2.24) is 5.32 Å². The van der Waals surface area contributed by atoms with Gasteiger partial charge in [-0.1, -0.05) is 54.4 Å². The van der Waals surface area contributed by atoms with Crippen LogP contribution in [-0.4, -0.2) is 13.1 Å². The number of hydrogen-bond donors (Lipinski definition) is 1. The van der Waals surface area contributed by atoms with Crippen LogP contribution in [0.1, 0.15) is 54.4 Å². The molecule has 0 saturated carbocycles. The van der Waals surface area contributed by atoms with Crippen molar-refractivity contribution in [2.45, 2.75) is 54.4 Å². The van der Waals surface area contributed by atoms with Crippen molar-refractivity contribution in [3.05, 3.63) is 0 Å². The molecule has 1 heteroatoms. The van der Waals surface area contributed by atoms with Crippen molar-refractivity contribution in [3.8, 4) is 0 Å². The second-order valence-corrected chi connectivity index (χ2v) is 5.51. The van der Waals surface area contributed by atoms with E-state index in [4.69, 9.17) is 0 Å². The minimum absolute atomic E-state index is 0.490. The van der Waals surface area contributed by atoms with Crippen molar-refractivity contribution in [2.75, 3.05) is 13.1 Å². The monoisotopic (exact) mass is 199 g/mol. The van der Waals surface area contributed by atoms with E-state index in [1.54, 1.807) is 0 Å². The first-order valence-electron chi connectivity index (χ1n) is 6.18. The maximum atomic E-state index is 3.48. The van der Waals surface area contributed by atoms with E-state index in [1.807, 2.05) is 0 Å². The number of hydrogen-bond acceptors (Lipinski definition) is 1. The molecule has 2 atom stereocenters. The summed E-state index contributed by atoms with van der Waals surface area (Å²) < 4.78 is 0. The lowest BCUT2D eigenvalue weighted by Crippen LogP contribution is -2.27. The van der Waals surface area contributed by atoms with Crippen molar-refractivity contribution in [1.29, 1.82) is 0 Å². The van der Waals surface area contributed by atoms with Gasteiger partial charge < -0.3 is 5.32 Å². The van der Waals surface area contributed by atoms with Crippen LogP contribution >= 0.6 is 0 Å². The summed E-state index contributed by atoms with van der Waals surface area (Å²) in [6.07, 6.45) is 2.58. The molecule has 0 aromatic carbocycles. The average Bonchev–Trinajstić information content (AvgIpc) is 2.51. The molecule has 86 valence electrons. The average molecular weight is 199 g/mol. The summed E-state index contributed by atoms with van der Waals surface area (Å²) in [5, 5.41) is 3.48. The summed E-state index contributed by atoms with van der Waals surface area (Å²) >= 11 is 0. The third-order valence-electron chi connectivity index (χ3n) is 2.98. The zero-order valence-electron chi connectivity index (χ0n) is 11.0. The highest BCUT2D eigenvalue weighted by atomic mass is 14.9. The quantitative estimate of drug-likeness (QED) is 0.679. The van der Waals surface area contributed by atoms with Gasteiger partial charge in [0.15, 0.2) is 0 Å². The molecule has 1 heterocycles. The first kappa shape index (κ1) is 14.0. The molecule has 1 N–H and O–H groups in total. The van der Waals surface area contributed by atoms with E-state index in [9.17, 15) is 0 Å². The van der Waals surface area contributed by atoms with Crippen LogP contribution in [0, 0.1) is 17.3 Å². The van der Waals surface area contributed by atoms with E-state index in [2.05, 4.69) is 46.9 Å². The summed E-state index contributed by atoms with van der Waals surface area (Å²) in [6.45, 7) is 16.1. The van der Waals surface area contributed by atoms with Gasteiger partial charge in [0.25, 0.3) is 0 Å². The maximum absolute atomic E-state index is 3.48. The van der Waals surface area contributed by atoms with E-state index in [0.717, 1.165) is 11.8 Å². The first-order chi connectivity index (χ1) is 6.47. The van der Waals surface area contributed by atoms with Gasteiger partial charge in [-0.2, -0.15) is 0 Å². The van der Waals surface area contributed by atoms with Crippen molar-refractivity contribution >= 4 is 0 Å². The van der Waals surface area contributed by atoms with Crippen LogP contribution in [0.25, 0.3) is 0 Å². The molecule has 0 radical (unpaired) electrons. The fourth-order valence-corrected chi connectivity index (χ4v) is 2.18. The molecular formula is C13H29N. The molecule has 1 aliphatic heterocycles. The highest BCUT2D eigenvalue weighted by Crippen LogP contribution is 2.35. The molecule has 1 saturated heterocycles. The fraction of sp³-hybridized carbons (Fsp3) is 1.00. The topological polar surface area (TPSA) is 12.0 Å². The van der Waals surface area contributed by atoms with Gasteiger partial charge in [0.2, 0.25) is 0 Å². The predicted octanol–water partition coefficient (Wildman–Crippen LogP) is 3.69. The van der Waals surface area contributed by atoms with Gasteiger partial charge in [0, 0.05) is 0 Å². The summed E-state index contributed by atoms with van der Waals surface area (Å²) in [7, 11) is 0. The van der Waals surface area contributed by atoms with Gasteiger partial charge in [-0.05, 0) is 30.3 Å². The Labute approximate surface area is 90.7 Å². The van der Waals surface area contributed by atoms with Gasteiger partial charge in [0.05, 0.1) is 0 Å². The third kappa shape index (κ3) is 4.45. The molecule has 0 amide bonds. The normalized spacial score (nSPS) is 27.0. The standard InChI is InChI=1S/C10H21N.C3H8/c1-5-8-6-11-7-9(8)10(2,3)4;1-3-2/h8-9,11H,5-7H2,1-4H3;3H2,1-2H3. The molecule has 0 spiro atoms. The van der Waals surface area contributed by atoms with Crippen molar-refractivity contribution in [3.63, 3.8) is 0 Å². The smallest absolute Gasteiger partial charge is 0.00123 e. The lowest BCUT2D eigenvalue weighted by atomic mass is 9.74. The summed E-state index contributed by atoms with van der Waals surface area (Å²) in [4.78, 5) is 0. The first-order valence-corrected chi connectivity index (χ1v) is 6.18. The Hall–Kier alpha value is -0.0400. The molecule has 0 aliphatic carbocycles. The molecule has 2 unspecified atom stereocenters. The molecule has 1 aliphatic rings. The predicted molar refractivity (Wildman–Crippen MR) is 65.6 cm³/mol. The molecule has 0 bridgehead atoms. The molecular weight excluding hydrogens is 170 g/mol. The number of rotatable bonds is 1. The van der Waals surface area contributed by atoms with Crippen molar-refractivity contribution < 1.29 is 0 Å². The summed E-state index contributed by atoms with van der Waals surface area (Å²) in [5.41, 5.74) is 0.490. The van der Waals surface area contributed by atoms with Crippen molar-refractivity contribution in [2.24, 2.45) is 17.3 Å². The van der Waals surface area contributed by atoms with Crippen LogP contribution in [0.5, 0.6) is 0 Å². The van der Waals surface area contributed by atoms with Gasteiger partial charge in [-0.15, -0.1) is 0 Å². The molecule has 0 aromatic rings. The molecule has 1 nitrogen and oxygen atoms in total. The highest BCUT2D eigenvalue weighted by molar-refractivity contribution is 4.87. The third-order valence-corrected chi connectivity index (χ3v) is 2.98. The van der Waals surface area contributed by atoms with E-state index < -0.39 is 0 Å². The molecule has 0 aromatic heterocycles. The number of nitrogens with one attached hydrogen (secondary N) is 1. The zero-order valence-corrected chi connectivity index (χ0v) is 11.0. The Balaban J connectivity index is 0.000000500. The summed E-state index contributed by atoms with van der Waals surface area (Å²) in [6, 6.07) is 0. The fourth-order valence-electron chi connectivity index (χ4n) is 2.18. The second kappa shape index (κ2) is 6.44. The lowest BCUT2D eigenvalue weighted by molar-refractivity contribution is 0.200. The van der Waals surface area contributed by atoms with E-state index >= 15 is 0 Å². The van der Waals surface area contributed by atoms with E-state index in [1.165, 1.54) is 25.9 Å². The zero-order chi connectivity index (χ0) is 11.2. The minimum Gasteiger partial charge on any atom is -0.316 e.